The van der Waals surface area contributed by atoms with Crippen molar-refractivity contribution in [3.05, 3.63) is 29.0 Å². The van der Waals surface area contributed by atoms with Crippen molar-refractivity contribution >= 4 is 27.4 Å². The predicted molar refractivity (Wildman–Crippen MR) is 66.5 cm³/mol. The van der Waals surface area contributed by atoms with Crippen molar-refractivity contribution in [3.63, 3.8) is 0 Å². The van der Waals surface area contributed by atoms with Gasteiger partial charge in [0.15, 0.2) is 0 Å². The Morgan fingerprint density at radius 2 is 2.07 bits per heavy atom. The highest BCUT2D eigenvalue weighted by Crippen LogP contribution is 2.21. The molecular formula is C11H14BrN3. The Hall–Kier alpha value is -1.03. The summed E-state index contributed by atoms with van der Waals surface area (Å²) in [6, 6.07) is 6.17. The summed E-state index contributed by atoms with van der Waals surface area (Å²) in [5, 5.41) is 0. The van der Waals surface area contributed by atoms with Crippen molar-refractivity contribution in [2.75, 3.05) is 18.0 Å². The number of aromatic nitrogens is 2. The lowest BCUT2D eigenvalue weighted by Crippen LogP contribution is -2.24. The smallest absolute Gasteiger partial charge is 0.139 e. The van der Waals surface area contributed by atoms with Crippen LogP contribution in [0.3, 0.4) is 0 Å². The molecule has 2 heterocycles. The number of nitrogens with zero attached hydrogens (tertiary/aromatic N) is 3. The first-order valence-electron chi connectivity index (χ1n) is 5.14. The van der Waals surface area contributed by atoms with Gasteiger partial charge in [0.1, 0.15) is 16.1 Å². The molecule has 0 unspecified atom stereocenters. The molecule has 0 bridgehead atoms. The standard InChI is InChI=1S/C11H14BrN3/c1-3-14(4-2)11-7-5-6-10-13-8-9(12)15(10)11/h5-8H,3-4H2,1-2H3. The number of halogens is 1. The van der Waals surface area contributed by atoms with E-state index in [9.17, 15) is 0 Å². The van der Waals surface area contributed by atoms with Crippen LogP contribution >= 0.6 is 15.9 Å². The van der Waals surface area contributed by atoms with Crippen LogP contribution in [0.2, 0.25) is 0 Å². The van der Waals surface area contributed by atoms with Crippen LogP contribution in [0.25, 0.3) is 5.65 Å². The molecule has 0 saturated carbocycles. The number of rotatable bonds is 3. The van der Waals surface area contributed by atoms with Crippen LogP contribution in [0.1, 0.15) is 13.8 Å². The molecule has 2 aromatic rings. The van der Waals surface area contributed by atoms with E-state index in [1.54, 1.807) is 0 Å². The fraction of sp³-hybridized carbons (Fsp3) is 0.364. The molecule has 0 spiro atoms. The number of hydrogen-bond acceptors (Lipinski definition) is 2. The topological polar surface area (TPSA) is 20.5 Å². The normalized spacial score (nSPS) is 10.9. The van der Waals surface area contributed by atoms with Crippen molar-refractivity contribution in [2.45, 2.75) is 13.8 Å². The predicted octanol–water partition coefficient (Wildman–Crippen LogP) is 2.94. The van der Waals surface area contributed by atoms with E-state index in [4.69, 9.17) is 0 Å². The van der Waals surface area contributed by atoms with Gasteiger partial charge in [-0.05, 0) is 41.9 Å². The highest BCUT2D eigenvalue weighted by molar-refractivity contribution is 9.10. The second-order valence-corrected chi connectivity index (χ2v) is 4.14. The molecule has 0 aliphatic carbocycles. The molecule has 80 valence electrons. The average molecular weight is 268 g/mol. The summed E-state index contributed by atoms with van der Waals surface area (Å²) < 4.78 is 3.12. The molecule has 2 rings (SSSR count). The summed E-state index contributed by atoms with van der Waals surface area (Å²) in [7, 11) is 0. The summed E-state index contributed by atoms with van der Waals surface area (Å²) >= 11 is 3.52. The molecule has 0 aliphatic rings. The second kappa shape index (κ2) is 4.23. The maximum Gasteiger partial charge on any atom is 0.139 e. The highest BCUT2D eigenvalue weighted by atomic mass is 79.9. The summed E-state index contributed by atoms with van der Waals surface area (Å²) in [5.41, 5.74) is 0.978. The van der Waals surface area contributed by atoms with Crippen molar-refractivity contribution in [2.24, 2.45) is 0 Å². The zero-order valence-electron chi connectivity index (χ0n) is 8.94. The minimum atomic E-state index is 0.978. The quantitative estimate of drug-likeness (QED) is 0.853. The minimum absolute atomic E-state index is 0.978. The van der Waals surface area contributed by atoms with Gasteiger partial charge in [0.25, 0.3) is 0 Å². The summed E-state index contributed by atoms with van der Waals surface area (Å²) in [6.45, 7) is 6.32. The maximum absolute atomic E-state index is 4.32. The Labute approximate surface area is 97.9 Å². The van der Waals surface area contributed by atoms with E-state index in [0.717, 1.165) is 23.3 Å². The molecular weight excluding hydrogens is 254 g/mol. The molecule has 4 heteroatoms. The number of hydrogen-bond donors (Lipinski definition) is 0. The van der Waals surface area contributed by atoms with Gasteiger partial charge in [-0.25, -0.2) is 4.98 Å². The van der Waals surface area contributed by atoms with Crippen molar-refractivity contribution in [1.82, 2.24) is 9.38 Å². The van der Waals surface area contributed by atoms with Gasteiger partial charge in [-0.2, -0.15) is 0 Å². The number of imidazole rings is 1. The summed E-state index contributed by atoms with van der Waals surface area (Å²) in [4.78, 5) is 6.62. The van der Waals surface area contributed by atoms with E-state index in [1.807, 2.05) is 18.3 Å². The molecule has 3 nitrogen and oxygen atoms in total. The molecule has 0 radical (unpaired) electrons. The fourth-order valence-corrected chi connectivity index (χ4v) is 2.24. The lowest BCUT2D eigenvalue weighted by Gasteiger charge is -2.22. The largest absolute Gasteiger partial charge is 0.358 e. The van der Waals surface area contributed by atoms with Gasteiger partial charge in [0, 0.05) is 13.1 Å². The number of pyridine rings is 1. The summed E-state index contributed by atoms with van der Waals surface area (Å²) in [5.74, 6) is 1.18. The zero-order valence-corrected chi connectivity index (χ0v) is 10.5. The third-order valence-electron chi connectivity index (χ3n) is 2.55. The lowest BCUT2D eigenvalue weighted by atomic mass is 10.4. The Morgan fingerprint density at radius 3 is 2.73 bits per heavy atom. The molecule has 0 fully saturated rings. The molecule has 0 atom stereocenters. The van der Waals surface area contributed by atoms with Gasteiger partial charge in [0.2, 0.25) is 0 Å². The lowest BCUT2D eigenvalue weighted by molar-refractivity contribution is 0.832. The van der Waals surface area contributed by atoms with Crippen molar-refractivity contribution in [3.8, 4) is 0 Å². The van der Waals surface area contributed by atoms with Gasteiger partial charge >= 0.3 is 0 Å². The number of anilines is 1. The Balaban J connectivity index is 2.63. The molecule has 2 aromatic heterocycles. The minimum Gasteiger partial charge on any atom is -0.358 e. The van der Waals surface area contributed by atoms with Crippen molar-refractivity contribution in [1.29, 1.82) is 0 Å². The van der Waals surface area contributed by atoms with E-state index < -0.39 is 0 Å². The Bertz CT molecular complexity index is 460. The third kappa shape index (κ3) is 1.74. The fourth-order valence-electron chi connectivity index (χ4n) is 1.78. The third-order valence-corrected chi connectivity index (χ3v) is 3.11. The van der Waals surface area contributed by atoms with E-state index >= 15 is 0 Å². The van der Waals surface area contributed by atoms with Gasteiger partial charge < -0.3 is 4.90 Å². The van der Waals surface area contributed by atoms with E-state index in [1.165, 1.54) is 5.82 Å². The van der Waals surface area contributed by atoms with Crippen LogP contribution in [-0.2, 0) is 0 Å². The highest BCUT2D eigenvalue weighted by Gasteiger charge is 2.09. The van der Waals surface area contributed by atoms with Gasteiger partial charge in [-0.1, -0.05) is 6.07 Å². The van der Waals surface area contributed by atoms with Crippen LogP contribution in [-0.4, -0.2) is 22.5 Å². The first kappa shape index (κ1) is 10.5. The number of fused-ring (bicyclic) bond motifs is 1. The van der Waals surface area contributed by atoms with Crippen LogP contribution in [0.5, 0.6) is 0 Å². The van der Waals surface area contributed by atoms with Crippen LogP contribution in [0.15, 0.2) is 29.0 Å². The molecule has 15 heavy (non-hydrogen) atoms. The molecule has 0 amide bonds. The van der Waals surface area contributed by atoms with Crippen LogP contribution < -0.4 is 4.90 Å². The van der Waals surface area contributed by atoms with E-state index in [-0.39, 0.29) is 0 Å². The van der Waals surface area contributed by atoms with Gasteiger partial charge in [0.05, 0.1) is 6.20 Å². The summed E-state index contributed by atoms with van der Waals surface area (Å²) in [6.07, 6.45) is 1.84. The van der Waals surface area contributed by atoms with Crippen LogP contribution in [0, 0.1) is 0 Å². The Kier molecular flexibility index (Phi) is 2.95. The second-order valence-electron chi connectivity index (χ2n) is 3.33. The van der Waals surface area contributed by atoms with Crippen molar-refractivity contribution < 1.29 is 0 Å². The first-order valence-corrected chi connectivity index (χ1v) is 5.94. The first-order chi connectivity index (χ1) is 7.27. The van der Waals surface area contributed by atoms with Crippen LogP contribution in [0.4, 0.5) is 5.82 Å². The van der Waals surface area contributed by atoms with Gasteiger partial charge in [-0.15, -0.1) is 0 Å². The average Bonchev–Trinajstić information content (AvgIpc) is 2.63. The van der Waals surface area contributed by atoms with E-state index in [0.29, 0.717) is 0 Å². The zero-order chi connectivity index (χ0) is 10.8. The van der Waals surface area contributed by atoms with Gasteiger partial charge in [-0.3, -0.25) is 4.40 Å². The SMILES string of the molecule is CCN(CC)c1cccc2ncc(Br)n12. The Morgan fingerprint density at radius 1 is 1.33 bits per heavy atom. The van der Waals surface area contributed by atoms with E-state index in [2.05, 4.69) is 50.1 Å². The molecule has 0 aromatic carbocycles. The monoisotopic (exact) mass is 267 g/mol. The molecule has 0 aliphatic heterocycles. The molecule has 0 saturated heterocycles. The maximum atomic E-state index is 4.32. The molecule has 0 N–H and O–H groups in total.